The Labute approximate surface area is 99.4 Å². The number of nitrogens with one attached hydrogen (secondary N) is 1. The highest BCUT2D eigenvalue weighted by molar-refractivity contribution is 5.42. The van der Waals surface area contributed by atoms with E-state index in [0.717, 1.165) is 17.7 Å². The van der Waals surface area contributed by atoms with Gasteiger partial charge in [0.1, 0.15) is 12.0 Å². The molecule has 1 heterocycles. The Bertz CT molecular complexity index is 420. The molecule has 1 N–H and O–H groups in total. The van der Waals surface area contributed by atoms with Crippen LogP contribution in [0.25, 0.3) is 0 Å². The van der Waals surface area contributed by atoms with Crippen molar-refractivity contribution >= 4 is 11.5 Å². The monoisotopic (exact) mass is 233 g/mol. The molecule has 2 saturated carbocycles. The molecule has 1 aromatic rings. The second-order valence-corrected chi connectivity index (χ2v) is 4.94. The maximum absolute atomic E-state index is 10.5. The standard InChI is InChI=1S/C12H15N3O2/c16-15(17)8-5-6-11(13-7-8)14-12-9-3-1-2-4-10(9)12/h5-7,9-10,12H,1-4H2,(H,13,14)/t9-,10+,12?. The van der Waals surface area contributed by atoms with Gasteiger partial charge in [-0.2, -0.15) is 0 Å². The summed E-state index contributed by atoms with van der Waals surface area (Å²) in [7, 11) is 0. The second kappa shape index (κ2) is 3.98. The fraction of sp³-hybridized carbons (Fsp3) is 0.583. The van der Waals surface area contributed by atoms with E-state index in [9.17, 15) is 10.1 Å². The van der Waals surface area contributed by atoms with E-state index in [4.69, 9.17) is 0 Å². The highest BCUT2D eigenvalue weighted by atomic mass is 16.6. The predicted molar refractivity (Wildman–Crippen MR) is 63.8 cm³/mol. The lowest BCUT2D eigenvalue weighted by Gasteiger charge is -2.04. The number of rotatable bonds is 3. The van der Waals surface area contributed by atoms with Crippen LogP contribution in [0.5, 0.6) is 0 Å². The van der Waals surface area contributed by atoms with Crippen molar-refractivity contribution in [3.63, 3.8) is 0 Å². The Hall–Kier alpha value is -1.65. The molecule has 5 heteroatoms. The van der Waals surface area contributed by atoms with Crippen molar-refractivity contribution in [1.29, 1.82) is 0 Å². The maximum atomic E-state index is 10.5. The molecule has 0 saturated heterocycles. The largest absolute Gasteiger partial charge is 0.367 e. The van der Waals surface area contributed by atoms with Gasteiger partial charge in [-0.15, -0.1) is 0 Å². The van der Waals surface area contributed by atoms with E-state index in [1.807, 2.05) is 0 Å². The van der Waals surface area contributed by atoms with E-state index in [2.05, 4.69) is 10.3 Å². The molecule has 0 aliphatic heterocycles. The molecule has 2 aliphatic carbocycles. The summed E-state index contributed by atoms with van der Waals surface area (Å²) in [4.78, 5) is 14.2. The molecular formula is C12H15N3O2. The average Bonchev–Trinajstić information content (AvgIpc) is 3.04. The molecule has 2 fully saturated rings. The van der Waals surface area contributed by atoms with Crippen molar-refractivity contribution in [3.8, 4) is 0 Å². The van der Waals surface area contributed by atoms with Gasteiger partial charge in [-0.05, 0) is 30.7 Å². The molecule has 5 nitrogen and oxygen atoms in total. The molecule has 0 spiro atoms. The zero-order chi connectivity index (χ0) is 11.8. The minimum atomic E-state index is -0.423. The van der Waals surface area contributed by atoms with Crippen molar-refractivity contribution in [1.82, 2.24) is 4.98 Å². The van der Waals surface area contributed by atoms with Crippen molar-refractivity contribution in [2.24, 2.45) is 11.8 Å². The summed E-state index contributed by atoms with van der Waals surface area (Å²) in [6.45, 7) is 0. The summed E-state index contributed by atoms with van der Waals surface area (Å²) in [5.41, 5.74) is 0.0452. The third-order valence-corrected chi connectivity index (χ3v) is 3.93. The SMILES string of the molecule is O=[N+]([O-])c1ccc(NC2[C@H]3CCCC[C@@H]23)nc1. The zero-order valence-corrected chi connectivity index (χ0v) is 9.50. The van der Waals surface area contributed by atoms with E-state index >= 15 is 0 Å². The minimum absolute atomic E-state index is 0.0452. The Morgan fingerprint density at radius 3 is 2.53 bits per heavy atom. The quantitative estimate of drug-likeness (QED) is 0.643. The summed E-state index contributed by atoms with van der Waals surface area (Å²) >= 11 is 0. The lowest BCUT2D eigenvalue weighted by molar-refractivity contribution is -0.385. The van der Waals surface area contributed by atoms with Crippen LogP contribution in [-0.2, 0) is 0 Å². The van der Waals surface area contributed by atoms with Gasteiger partial charge in [-0.25, -0.2) is 4.98 Å². The average molecular weight is 233 g/mol. The highest BCUT2D eigenvalue weighted by Crippen LogP contribution is 2.50. The zero-order valence-electron chi connectivity index (χ0n) is 9.50. The fourth-order valence-electron chi connectivity index (χ4n) is 2.96. The van der Waals surface area contributed by atoms with Crippen molar-refractivity contribution < 1.29 is 4.92 Å². The maximum Gasteiger partial charge on any atom is 0.287 e. The number of aromatic nitrogens is 1. The minimum Gasteiger partial charge on any atom is -0.367 e. The molecule has 17 heavy (non-hydrogen) atoms. The molecule has 3 atom stereocenters. The van der Waals surface area contributed by atoms with E-state index in [0.29, 0.717) is 6.04 Å². The summed E-state index contributed by atoms with van der Waals surface area (Å²) < 4.78 is 0. The van der Waals surface area contributed by atoms with Crippen LogP contribution in [0, 0.1) is 22.0 Å². The normalized spacial score (nSPS) is 30.5. The molecule has 0 aromatic carbocycles. The van der Waals surface area contributed by atoms with Crippen LogP contribution in [0.2, 0.25) is 0 Å². The molecule has 1 unspecified atom stereocenters. The molecule has 1 aromatic heterocycles. The molecule has 90 valence electrons. The topological polar surface area (TPSA) is 68.1 Å². The second-order valence-electron chi connectivity index (χ2n) is 4.94. The highest BCUT2D eigenvalue weighted by Gasteiger charge is 2.50. The van der Waals surface area contributed by atoms with Crippen LogP contribution in [-0.4, -0.2) is 15.9 Å². The van der Waals surface area contributed by atoms with Gasteiger partial charge in [0.15, 0.2) is 0 Å². The molecule has 2 aliphatic rings. The van der Waals surface area contributed by atoms with E-state index in [1.165, 1.54) is 37.9 Å². The summed E-state index contributed by atoms with van der Waals surface area (Å²) in [5, 5.41) is 13.9. The van der Waals surface area contributed by atoms with Crippen LogP contribution in [0.1, 0.15) is 25.7 Å². The number of hydrogen-bond donors (Lipinski definition) is 1. The van der Waals surface area contributed by atoms with E-state index in [-0.39, 0.29) is 5.69 Å². The van der Waals surface area contributed by atoms with E-state index in [1.54, 1.807) is 6.07 Å². The summed E-state index contributed by atoms with van der Waals surface area (Å²) in [6, 6.07) is 3.75. The van der Waals surface area contributed by atoms with Crippen LogP contribution in [0.4, 0.5) is 11.5 Å². The molecule has 3 rings (SSSR count). The lowest BCUT2D eigenvalue weighted by atomic mass is 10.0. The Morgan fingerprint density at radius 1 is 1.29 bits per heavy atom. The summed E-state index contributed by atoms with van der Waals surface area (Å²) in [5.74, 6) is 2.37. The van der Waals surface area contributed by atoms with Gasteiger partial charge in [-0.3, -0.25) is 10.1 Å². The van der Waals surface area contributed by atoms with Gasteiger partial charge < -0.3 is 5.32 Å². The summed E-state index contributed by atoms with van der Waals surface area (Å²) in [6.07, 6.45) is 6.62. The number of hydrogen-bond acceptors (Lipinski definition) is 4. The predicted octanol–water partition coefficient (Wildman–Crippen LogP) is 2.59. The van der Waals surface area contributed by atoms with Crippen molar-refractivity contribution in [2.45, 2.75) is 31.7 Å². The number of fused-ring (bicyclic) bond motifs is 1. The third-order valence-electron chi connectivity index (χ3n) is 3.93. The first-order valence-corrected chi connectivity index (χ1v) is 6.13. The fourth-order valence-corrected chi connectivity index (χ4v) is 2.96. The molecule has 0 amide bonds. The van der Waals surface area contributed by atoms with Crippen molar-refractivity contribution in [2.75, 3.05) is 5.32 Å². The van der Waals surface area contributed by atoms with Crippen LogP contribution in [0.3, 0.4) is 0 Å². The van der Waals surface area contributed by atoms with Crippen LogP contribution < -0.4 is 5.32 Å². The van der Waals surface area contributed by atoms with Crippen LogP contribution >= 0.6 is 0 Å². The van der Waals surface area contributed by atoms with Crippen molar-refractivity contribution in [3.05, 3.63) is 28.4 Å². The number of nitrogens with zero attached hydrogens (tertiary/aromatic N) is 2. The Kier molecular flexibility index (Phi) is 2.46. The number of pyridine rings is 1. The van der Waals surface area contributed by atoms with Gasteiger partial charge in [-0.1, -0.05) is 12.8 Å². The lowest BCUT2D eigenvalue weighted by Crippen LogP contribution is -2.07. The third kappa shape index (κ3) is 1.97. The van der Waals surface area contributed by atoms with Gasteiger partial charge in [0.25, 0.3) is 5.69 Å². The number of anilines is 1. The molecule has 0 radical (unpaired) electrons. The smallest absolute Gasteiger partial charge is 0.287 e. The Balaban J connectivity index is 1.64. The van der Waals surface area contributed by atoms with E-state index < -0.39 is 4.92 Å². The molecule has 0 bridgehead atoms. The van der Waals surface area contributed by atoms with Gasteiger partial charge in [0.05, 0.1) is 4.92 Å². The Morgan fingerprint density at radius 2 is 2.00 bits per heavy atom. The molecular weight excluding hydrogens is 218 g/mol. The first-order chi connectivity index (χ1) is 8.25. The number of nitro groups is 1. The van der Waals surface area contributed by atoms with Crippen LogP contribution in [0.15, 0.2) is 18.3 Å². The first-order valence-electron chi connectivity index (χ1n) is 6.13. The van der Waals surface area contributed by atoms with Gasteiger partial charge in [0, 0.05) is 12.1 Å². The van der Waals surface area contributed by atoms with Gasteiger partial charge in [0.2, 0.25) is 0 Å². The first kappa shape index (κ1) is 10.5. The van der Waals surface area contributed by atoms with Gasteiger partial charge >= 0.3 is 0 Å².